The molecule has 0 unspecified atom stereocenters. The van der Waals surface area contributed by atoms with Crippen LogP contribution in [0.4, 0.5) is 4.39 Å². The molecule has 43 valence electrons. The zero-order valence-electron chi connectivity index (χ0n) is 4.56. The predicted octanol–water partition coefficient (Wildman–Crippen LogP) is 0.834. The van der Waals surface area contributed by atoms with Crippen molar-refractivity contribution in [2.75, 3.05) is 6.67 Å². The van der Waals surface area contributed by atoms with E-state index in [9.17, 15) is 4.39 Å². The average Bonchev–Trinajstić information content (AvgIpc) is 2.14. The Hall–Kier alpha value is -0.860. The van der Waals surface area contributed by atoms with E-state index in [1.165, 1.54) is 0 Å². The first kappa shape index (κ1) is 5.28. The van der Waals surface area contributed by atoms with Crippen molar-refractivity contribution in [3.8, 4) is 0 Å². The van der Waals surface area contributed by atoms with Crippen LogP contribution in [0.1, 0.15) is 6.92 Å². The summed E-state index contributed by atoms with van der Waals surface area (Å²) in [5.74, 6) is 0. The number of allylic oxidation sites excluding steroid dienone is 2. The van der Waals surface area contributed by atoms with Crippen LogP contribution < -0.4 is 5.43 Å². The lowest BCUT2D eigenvalue weighted by Crippen LogP contribution is -1.91. The Kier molecular flexibility index (Phi) is 1.28. The normalized spacial score (nSPS) is 17.2. The van der Waals surface area contributed by atoms with Crippen molar-refractivity contribution >= 4 is 5.71 Å². The van der Waals surface area contributed by atoms with Gasteiger partial charge in [-0.05, 0) is 13.0 Å². The Labute approximate surface area is 47.1 Å². The van der Waals surface area contributed by atoms with Crippen LogP contribution >= 0.6 is 0 Å². The second-order valence-corrected chi connectivity index (χ2v) is 1.61. The molecule has 0 aromatic carbocycles. The molecule has 0 aromatic rings. The number of nitrogens with zero attached hydrogens (tertiary/aromatic N) is 2. The van der Waals surface area contributed by atoms with E-state index in [1.807, 2.05) is 0 Å². The van der Waals surface area contributed by atoms with Crippen molar-refractivity contribution in [3.05, 3.63) is 11.8 Å². The van der Waals surface area contributed by atoms with E-state index < -0.39 is 6.67 Å². The molecule has 1 heterocycles. The summed E-state index contributed by atoms with van der Waals surface area (Å²) in [6, 6.07) is 0. The molecule has 1 radical (unpaired) electrons. The second kappa shape index (κ2) is 1.94. The van der Waals surface area contributed by atoms with Crippen LogP contribution in [-0.4, -0.2) is 12.4 Å². The Morgan fingerprint density at radius 2 is 2.50 bits per heavy atom. The lowest BCUT2D eigenvalue weighted by molar-refractivity contribution is 0.581. The second-order valence-electron chi connectivity index (χ2n) is 1.61. The van der Waals surface area contributed by atoms with Gasteiger partial charge in [0, 0.05) is 0 Å². The number of hydrogen-bond acceptors (Lipinski definition) is 1. The van der Waals surface area contributed by atoms with Crippen LogP contribution in [0.15, 0.2) is 16.9 Å². The third-order valence-corrected chi connectivity index (χ3v) is 0.849. The molecule has 0 spiro atoms. The fourth-order valence-electron chi connectivity index (χ4n) is 0.507. The van der Waals surface area contributed by atoms with E-state index in [4.69, 9.17) is 0 Å². The molecule has 1 rings (SSSR count). The van der Waals surface area contributed by atoms with Crippen LogP contribution in [0.2, 0.25) is 0 Å². The summed E-state index contributed by atoms with van der Waals surface area (Å²) in [5.41, 5.74) is 4.79. The molecular formula is C5H6FN2. The van der Waals surface area contributed by atoms with E-state index in [2.05, 4.69) is 10.5 Å². The lowest BCUT2D eigenvalue weighted by atomic mass is 10.3. The summed E-state index contributed by atoms with van der Waals surface area (Å²) in [6.45, 7) is 1.27. The average molecular weight is 113 g/mol. The molecular weight excluding hydrogens is 107 g/mol. The van der Waals surface area contributed by atoms with Crippen LogP contribution in [0.25, 0.3) is 0 Å². The summed E-state index contributed by atoms with van der Waals surface area (Å²) in [4.78, 5) is 0. The van der Waals surface area contributed by atoms with Gasteiger partial charge in [-0.15, -0.1) is 0 Å². The van der Waals surface area contributed by atoms with Crippen molar-refractivity contribution in [3.63, 3.8) is 0 Å². The van der Waals surface area contributed by atoms with Crippen molar-refractivity contribution in [1.29, 1.82) is 0 Å². The van der Waals surface area contributed by atoms with Gasteiger partial charge in [-0.3, -0.25) is 0 Å². The number of alkyl halides is 1. The van der Waals surface area contributed by atoms with Gasteiger partial charge in [0.15, 0.2) is 0 Å². The minimum absolute atomic E-state index is 0.419. The van der Waals surface area contributed by atoms with E-state index in [0.717, 1.165) is 5.70 Å². The van der Waals surface area contributed by atoms with Crippen molar-refractivity contribution in [2.24, 2.45) is 5.10 Å². The molecule has 0 amide bonds. The monoisotopic (exact) mass is 113 g/mol. The first-order chi connectivity index (χ1) is 3.83. The van der Waals surface area contributed by atoms with Gasteiger partial charge in [0.05, 0.1) is 11.4 Å². The van der Waals surface area contributed by atoms with Crippen LogP contribution in [0.5, 0.6) is 0 Å². The minimum Gasteiger partial charge on any atom is -0.244 e. The lowest BCUT2D eigenvalue weighted by Gasteiger charge is -1.79. The number of halogens is 1. The maximum absolute atomic E-state index is 11.6. The number of hydrogen-bond donors (Lipinski definition) is 0. The Bertz CT molecular complexity index is 149. The van der Waals surface area contributed by atoms with Crippen LogP contribution in [0, 0.1) is 0 Å². The number of rotatable bonds is 1. The molecule has 0 aliphatic carbocycles. The van der Waals surface area contributed by atoms with E-state index in [0.29, 0.717) is 5.71 Å². The van der Waals surface area contributed by atoms with Gasteiger partial charge in [0.1, 0.15) is 6.67 Å². The molecule has 1 aliphatic rings. The quantitative estimate of drug-likeness (QED) is 0.481. The molecule has 0 N–H and O–H groups in total. The van der Waals surface area contributed by atoms with Crippen LogP contribution in [0.3, 0.4) is 0 Å². The zero-order valence-corrected chi connectivity index (χ0v) is 4.56. The topological polar surface area (TPSA) is 26.5 Å². The third kappa shape index (κ3) is 0.857. The maximum Gasteiger partial charge on any atom is 0.133 e. The van der Waals surface area contributed by atoms with E-state index >= 15 is 0 Å². The minimum atomic E-state index is -0.513. The van der Waals surface area contributed by atoms with E-state index in [1.54, 1.807) is 13.0 Å². The van der Waals surface area contributed by atoms with Gasteiger partial charge >= 0.3 is 0 Å². The highest BCUT2D eigenvalue weighted by atomic mass is 19.1. The molecule has 0 saturated heterocycles. The first-order valence-electron chi connectivity index (χ1n) is 2.35. The van der Waals surface area contributed by atoms with Gasteiger partial charge in [-0.1, -0.05) is 0 Å². The highest BCUT2D eigenvalue weighted by molar-refractivity contribution is 5.97. The Balaban J connectivity index is 2.58. The molecule has 0 atom stereocenters. The zero-order chi connectivity index (χ0) is 5.98. The third-order valence-electron chi connectivity index (χ3n) is 0.849. The molecule has 8 heavy (non-hydrogen) atoms. The molecule has 2 nitrogen and oxygen atoms in total. The van der Waals surface area contributed by atoms with Crippen molar-refractivity contribution in [2.45, 2.75) is 6.92 Å². The highest BCUT2D eigenvalue weighted by Crippen LogP contribution is 1.99. The van der Waals surface area contributed by atoms with E-state index in [-0.39, 0.29) is 0 Å². The van der Waals surface area contributed by atoms with Gasteiger partial charge < -0.3 is 0 Å². The smallest absolute Gasteiger partial charge is 0.133 e. The van der Waals surface area contributed by atoms with Crippen molar-refractivity contribution in [1.82, 2.24) is 5.43 Å². The largest absolute Gasteiger partial charge is 0.244 e. The van der Waals surface area contributed by atoms with Gasteiger partial charge in [0.25, 0.3) is 0 Å². The molecule has 0 fully saturated rings. The van der Waals surface area contributed by atoms with Crippen LogP contribution in [-0.2, 0) is 0 Å². The summed E-state index contributed by atoms with van der Waals surface area (Å²) >= 11 is 0. The summed E-state index contributed by atoms with van der Waals surface area (Å²) < 4.78 is 11.6. The fourth-order valence-corrected chi connectivity index (χ4v) is 0.507. The summed E-state index contributed by atoms with van der Waals surface area (Å²) in [5, 5.41) is 3.51. The standard InChI is InChI=1S/C5H6FN2/c1-4-2-5(3-6)8-7-4/h2H,3H2,1H3. The molecule has 1 aliphatic heterocycles. The highest BCUT2D eigenvalue weighted by Gasteiger charge is 2.03. The predicted molar refractivity (Wildman–Crippen MR) is 29.3 cm³/mol. The molecule has 0 aromatic heterocycles. The molecule has 3 heteroatoms. The summed E-state index contributed by atoms with van der Waals surface area (Å²) in [6.07, 6.45) is 1.62. The van der Waals surface area contributed by atoms with Gasteiger partial charge in [-0.25, -0.2) is 4.39 Å². The first-order valence-corrected chi connectivity index (χ1v) is 2.35. The summed E-state index contributed by atoms with van der Waals surface area (Å²) in [7, 11) is 0. The fraction of sp³-hybridized carbons (Fsp3) is 0.400. The molecule has 0 bridgehead atoms. The van der Waals surface area contributed by atoms with Gasteiger partial charge in [-0.2, -0.15) is 10.5 Å². The SMILES string of the molecule is CC1=CC(CF)=N[N]1. The Morgan fingerprint density at radius 1 is 1.75 bits per heavy atom. The van der Waals surface area contributed by atoms with Gasteiger partial charge in [0.2, 0.25) is 0 Å². The van der Waals surface area contributed by atoms with Crippen molar-refractivity contribution < 1.29 is 4.39 Å². The Morgan fingerprint density at radius 3 is 2.75 bits per heavy atom. The maximum atomic E-state index is 11.6. The molecule has 0 saturated carbocycles.